The molecule has 0 amide bonds. The van der Waals surface area contributed by atoms with Gasteiger partial charge in [-0.1, -0.05) is 19.9 Å². The van der Waals surface area contributed by atoms with Crippen LogP contribution in [0.2, 0.25) is 0 Å². The second-order valence-corrected chi connectivity index (χ2v) is 6.57. The van der Waals surface area contributed by atoms with Crippen molar-refractivity contribution in [2.24, 2.45) is 11.7 Å². The SMILES string of the molecule is Cc1cc(OCCN2CCCC(CN)C2)ccc1C(C)C.Cl. The number of likely N-dealkylation sites (tertiary alicyclic amines) is 1. The van der Waals surface area contributed by atoms with Crippen molar-refractivity contribution in [1.29, 1.82) is 0 Å². The average molecular weight is 327 g/mol. The maximum absolute atomic E-state index is 5.92. The lowest BCUT2D eigenvalue weighted by Crippen LogP contribution is -2.40. The standard InChI is InChI=1S/C18H30N2O.ClH/c1-14(2)18-7-6-17(11-15(18)3)21-10-9-20-8-4-5-16(12-19)13-20;/h6-7,11,14,16H,4-5,8-10,12-13,19H2,1-3H3;1H. The summed E-state index contributed by atoms with van der Waals surface area (Å²) in [4.78, 5) is 2.48. The minimum Gasteiger partial charge on any atom is -0.492 e. The summed E-state index contributed by atoms with van der Waals surface area (Å²) in [6.45, 7) is 11.5. The molecule has 0 aromatic heterocycles. The Balaban J connectivity index is 0.00000242. The third kappa shape index (κ3) is 5.45. The number of hydrogen-bond donors (Lipinski definition) is 1. The van der Waals surface area contributed by atoms with Gasteiger partial charge in [0.1, 0.15) is 12.4 Å². The van der Waals surface area contributed by atoms with Crippen LogP contribution < -0.4 is 10.5 Å². The van der Waals surface area contributed by atoms with Gasteiger partial charge in [-0.2, -0.15) is 0 Å². The van der Waals surface area contributed by atoms with Crippen molar-refractivity contribution >= 4 is 12.4 Å². The molecular weight excluding hydrogens is 296 g/mol. The molecule has 1 fully saturated rings. The van der Waals surface area contributed by atoms with Gasteiger partial charge in [-0.25, -0.2) is 0 Å². The molecule has 0 bridgehead atoms. The van der Waals surface area contributed by atoms with E-state index in [0.717, 1.165) is 32.0 Å². The first-order valence-corrected chi connectivity index (χ1v) is 8.26. The van der Waals surface area contributed by atoms with E-state index in [2.05, 4.69) is 43.9 Å². The molecule has 1 atom stereocenters. The van der Waals surface area contributed by atoms with Crippen molar-refractivity contribution in [3.05, 3.63) is 29.3 Å². The number of benzene rings is 1. The summed E-state index contributed by atoms with van der Waals surface area (Å²) >= 11 is 0. The predicted molar refractivity (Wildman–Crippen MR) is 96.2 cm³/mol. The summed E-state index contributed by atoms with van der Waals surface area (Å²) in [5, 5.41) is 0. The van der Waals surface area contributed by atoms with E-state index in [9.17, 15) is 0 Å². The van der Waals surface area contributed by atoms with E-state index in [1.54, 1.807) is 0 Å². The van der Waals surface area contributed by atoms with Gasteiger partial charge in [0.15, 0.2) is 0 Å². The number of nitrogens with zero attached hydrogens (tertiary/aromatic N) is 1. The van der Waals surface area contributed by atoms with Crippen LogP contribution in [-0.4, -0.2) is 37.7 Å². The Kier molecular flexibility index (Phi) is 8.23. The molecule has 1 unspecified atom stereocenters. The quantitative estimate of drug-likeness (QED) is 0.868. The first-order valence-electron chi connectivity index (χ1n) is 8.26. The largest absolute Gasteiger partial charge is 0.492 e. The molecule has 0 saturated carbocycles. The summed E-state index contributed by atoms with van der Waals surface area (Å²) in [6.07, 6.45) is 2.55. The molecular formula is C18H31ClN2O. The summed E-state index contributed by atoms with van der Waals surface area (Å²) in [5.41, 5.74) is 8.51. The molecule has 4 heteroatoms. The molecule has 0 spiro atoms. The summed E-state index contributed by atoms with van der Waals surface area (Å²) in [7, 11) is 0. The number of rotatable bonds is 6. The maximum atomic E-state index is 5.92. The minimum absolute atomic E-state index is 0. The van der Waals surface area contributed by atoms with Gasteiger partial charge in [0.05, 0.1) is 0 Å². The number of piperidine rings is 1. The van der Waals surface area contributed by atoms with Crippen LogP contribution >= 0.6 is 12.4 Å². The third-order valence-electron chi connectivity index (χ3n) is 4.48. The van der Waals surface area contributed by atoms with Gasteiger partial charge >= 0.3 is 0 Å². The molecule has 0 aliphatic carbocycles. The Hall–Kier alpha value is -0.770. The average Bonchev–Trinajstić information content (AvgIpc) is 2.47. The highest BCUT2D eigenvalue weighted by molar-refractivity contribution is 5.85. The minimum atomic E-state index is 0. The van der Waals surface area contributed by atoms with Crippen LogP contribution in [0.4, 0.5) is 0 Å². The fourth-order valence-electron chi connectivity index (χ4n) is 3.23. The van der Waals surface area contributed by atoms with Crippen LogP contribution in [0.3, 0.4) is 0 Å². The molecule has 1 aromatic rings. The van der Waals surface area contributed by atoms with Crippen LogP contribution in [0.25, 0.3) is 0 Å². The van der Waals surface area contributed by atoms with Gasteiger partial charge < -0.3 is 10.5 Å². The first kappa shape index (κ1) is 19.3. The van der Waals surface area contributed by atoms with E-state index >= 15 is 0 Å². The monoisotopic (exact) mass is 326 g/mol. The highest BCUT2D eigenvalue weighted by Crippen LogP contribution is 2.23. The number of hydrogen-bond acceptors (Lipinski definition) is 3. The van der Waals surface area contributed by atoms with Crippen molar-refractivity contribution in [3.8, 4) is 5.75 Å². The van der Waals surface area contributed by atoms with E-state index in [-0.39, 0.29) is 12.4 Å². The second kappa shape index (κ2) is 9.39. The Morgan fingerprint density at radius 2 is 2.14 bits per heavy atom. The predicted octanol–water partition coefficient (Wildman–Crippen LogP) is 3.59. The zero-order valence-corrected chi connectivity index (χ0v) is 15.0. The van der Waals surface area contributed by atoms with Gasteiger partial charge in [-0.15, -0.1) is 12.4 Å². The Morgan fingerprint density at radius 3 is 2.77 bits per heavy atom. The summed E-state index contributed by atoms with van der Waals surface area (Å²) in [5.74, 6) is 2.23. The molecule has 0 radical (unpaired) electrons. The zero-order chi connectivity index (χ0) is 15.2. The first-order chi connectivity index (χ1) is 10.1. The van der Waals surface area contributed by atoms with Crippen LogP contribution in [0.15, 0.2) is 18.2 Å². The Morgan fingerprint density at radius 1 is 1.36 bits per heavy atom. The lowest BCUT2D eigenvalue weighted by molar-refractivity contribution is 0.149. The molecule has 1 saturated heterocycles. The van der Waals surface area contributed by atoms with Gasteiger partial charge in [0.2, 0.25) is 0 Å². The molecule has 2 N–H and O–H groups in total. The number of ether oxygens (including phenoxy) is 1. The fourth-order valence-corrected chi connectivity index (χ4v) is 3.23. The van der Waals surface area contributed by atoms with Gasteiger partial charge in [0, 0.05) is 13.1 Å². The van der Waals surface area contributed by atoms with Gasteiger partial charge in [-0.05, 0) is 68.0 Å². The van der Waals surface area contributed by atoms with E-state index in [1.165, 1.54) is 30.5 Å². The number of nitrogens with two attached hydrogens (primary N) is 1. The van der Waals surface area contributed by atoms with Crippen molar-refractivity contribution < 1.29 is 4.74 Å². The van der Waals surface area contributed by atoms with Crippen molar-refractivity contribution in [1.82, 2.24) is 4.90 Å². The normalized spacial score (nSPS) is 19.0. The highest BCUT2D eigenvalue weighted by Gasteiger charge is 2.18. The third-order valence-corrected chi connectivity index (χ3v) is 4.48. The summed E-state index contributed by atoms with van der Waals surface area (Å²) in [6, 6.07) is 6.45. The molecule has 3 nitrogen and oxygen atoms in total. The lowest BCUT2D eigenvalue weighted by Gasteiger charge is -2.31. The van der Waals surface area contributed by atoms with Crippen LogP contribution in [0.1, 0.15) is 43.7 Å². The Labute approximate surface area is 141 Å². The van der Waals surface area contributed by atoms with Crippen molar-refractivity contribution in [2.45, 2.75) is 39.5 Å². The lowest BCUT2D eigenvalue weighted by atomic mass is 9.98. The maximum Gasteiger partial charge on any atom is 0.119 e. The topological polar surface area (TPSA) is 38.5 Å². The molecule has 2 rings (SSSR count). The fraction of sp³-hybridized carbons (Fsp3) is 0.667. The van der Waals surface area contributed by atoms with Crippen LogP contribution in [-0.2, 0) is 0 Å². The van der Waals surface area contributed by atoms with E-state index in [1.807, 2.05) is 0 Å². The smallest absolute Gasteiger partial charge is 0.119 e. The highest BCUT2D eigenvalue weighted by atomic mass is 35.5. The summed E-state index contributed by atoms with van der Waals surface area (Å²) < 4.78 is 5.92. The van der Waals surface area contributed by atoms with Gasteiger partial charge in [0.25, 0.3) is 0 Å². The second-order valence-electron chi connectivity index (χ2n) is 6.57. The molecule has 1 aliphatic rings. The van der Waals surface area contributed by atoms with Crippen molar-refractivity contribution in [3.63, 3.8) is 0 Å². The zero-order valence-electron chi connectivity index (χ0n) is 14.2. The molecule has 22 heavy (non-hydrogen) atoms. The van der Waals surface area contributed by atoms with Crippen molar-refractivity contribution in [2.75, 3.05) is 32.8 Å². The van der Waals surface area contributed by atoms with E-state index < -0.39 is 0 Å². The molecule has 1 heterocycles. The Bertz CT molecular complexity index is 451. The van der Waals surface area contributed by atoms with E-state index in [0.29, 0.717) is 11.8 Å². The van der Waals surface area contributed by atoms with Crippen LogP contribution in [0.5, 0.6) is 5.75 Å². The van der Waals surface area contributed by atoms with Gasteiger partial charge in [-0.3, -0.25) is 4.90 Å². The number of aryl methyl sites for hydroxylation is 1. The van der Waals surface area contributed by atoms with Crippen LogP contribution in [0, 0.1) is 12.8 Å². The molecule has 126 valence electrons. The molecule has 1 aromatic carbocycles. The molecule has 1 aliphatic heterocycles. The van der Waals surface area contributed by atoms with E-state index in [4.69, 9.17) is 10.5 Å². The number of halogens is 1.